The Labute approximate surface area is 118 Å². The van der Waals surface area contributed by atoms with Gasteiger partial charge in [0, 0.05) is 22.0 Å². The largest absolute Gasteiger partial charge is 0.465 e. The van der Waals surface area contributed by atoms with Gasteiger partial charge in [0.05, 0.1) is 24.6 Å². The van der Waals surface area contributed by atoms with Gasteiger partial charge in [0.1, 0.15) is 0 Å². The zero-order chi connectivity index (χ0) is 13.8. The Morgan fingerprint density at radius 1 is 1.32 bits per heavy atom. The van der Waals surface area contributed by atoms with E-state index >= 15 is 0 Å². The van der Waals surface area contributed by atoms with E-state index in [1.807, 2.05) is 6.07 Å². The molecule has 0 unspecified atom stereocenters. The van der Waals surface area contributed by atoms with Gasteiger partial charge in [0.15, 0.2) is 0 Å². The number of carbonyl (C=O) groups excluding carboxylic acids is 1. The number of hydrogen-bond donors (Lipinski definition) is 2. The Morgan fingerprint density at radius 3 is 2.79 bits per heavy atom. The third-order valence-electron chi connectivity index (χ3n) is 2.45. The normalized spacial score (nSPS) is 10.0. The fourth-order valence-electron chi connectivity index (χ4n) is 1.57. The minimum Gasteiger partial charge on any atom is -0.465 e. The van der Waals surface area contributed by atoms with Gasteiger partial charge in [0.25, 0.3) is 0 Å². The maximum Gasteiger partial charge on any atom is 0.340 e. The van der Waals surface area contributed by atoms with Crippen molar-refractivity contribution >= 4 is 39.0 Å². The Kier molecular flexibility index (Phi) is 4.01. The molecule has 1 aromatic heterocycles. The van der Waals surface area contributed by atoms with Crippen LogP contribution in [-0.4, -0.2) is 18.1 Å². The molecule has 1 heterocycles. The summed E-state index contributed by atoms with van der Waals surface area (Å²) in [6, 6.07) is 6.95. The van der Waals surface area contributed by atoms with E-state index in [1.165, 1.54) is 7.11 Å². The van der Waals surface area contributed by atoms with Gasteiger partial charge in [-0.15, -0.1) is 0 Å². The molecule has 0 saturated heterocycles. The molecular formula is C13H12BrN3O2. The van der Waals surface area contributed by atoms with Crippen LogP contribution >= 0.6 is 15.9 Å². The van der Waals surface area contributed by atoms with Crippen molar-refractivity contribution in [2.75, 3.05) is 18.2 Å². The van der Waals surface area contributed by atoms with Crippen molar-refractivity contribution in [3.63, 3.8) is 0 Å². The molecule has 0 radical (unpaired) electrons. The molecule has 0 aliphatic heterocycles. The van der Waals surface area contributed by atoms with E-state index < -0.39 is 5.97 Å². The highest BCUT2D eigenvalue weighted by Crippen LogP contribution is 2.23. The number of esters is 1. The molecule has 0 fully saturated rings. The van der Waals surface area contributed by atoms with E-state index in [9.17, 15) is 4.79 Å². The van der Waals surface area contributed by atoms with Crippen molar-refractivity contribution in [2.24, 2.45) is 0 Å². The summed E-state index contributed by atoms with van der Waals surface area (Å²) < 4.78 is 5.54. The number of hydrogen-bond acceptors (Lipinski definition) is 5. The van der Waals surface area contributed by atoms with E-state index in [0.29, 0.717) is 11.3 Å². The highest BCUT2D eigenvalue weighted by atomic mass is 79.9. The van der Waals surface area contributed by atoms with Gasteiger partial charge in [-0.3, -0.25) is 4.98 Å². The van der Waals surface area contributed by atoms with Gasteiger partial charge in [0.2, 0.25) is 0 Å². The second-order valence-corrected chi connectivity index (χ2v) is 4.73. The lowest BCUT2D eigenvalue weighted by molar-refractivity contribution is 0.0602. The number of benzene rings is 1. The molecule has 19 heavy (non-hydrogen) atoms. The molecule has 1 aromatic carbocycles. The number of nitrogen functional groups attached to an aromatic ring is 1. The molecular weight excluding hydrogens is 310 g/mol. The van der Waals surface area contributed by atoms with Crippen molar-refractivity contribution in [1.29, 1.82) is 0 Å². The van der Waals surface area contributed by atoms with Crippen LogP contribution in [0.3, 0.4) is 0 Å². The van der Waals surface area contributed by atoms with Crippen LogP contribution in [0.2, 0.25) is 0 Å². The number of carbonyl (C=O) groups is 1. The summed E-state index contributed by atoms with van der Waals surface area (Å²) in [7, 11) is 1.32. The third-order valence-corrected chi connectivity index (χ3v) is 2.89. The van der Waals surface area contributed by atoms with Crippen LogP contribution in [0.25, 0.3) is 0 Å². The second kappa shape index (κ2) is 5.71. The fraction of sp³-hybridized carbons (Fsp3) is 0.0769. The number of pyridine rings is 1. The van der Waals surface area contributed by atoms with E-state index in [0.717, 1.165) is 15.8 Å². The highest BCUT2D eigenvalue weighted by molar-refractivity contribution is 9.10. The summed E-state index contributed by atoms with van der Waals surface area (Å²) in [5, 5.41) is 3.14. The summed E-state index contributed by atoms with van der Waals surface area (Å²) in [5.41, 5.74) is 7.98. The quantitative estimate of drug-likeness (QED) is 0.671. The fourth-order valence-corrected chi connectivity index (χ4v) is 1.93. The zero-order valence-electron chi connectivity index (χ0n) is 10.2. The van der Waals surface area contributed by atoms with Crippen molar-refractivity contribution in [2.45, 2.75) is 0 Å². The predicted octanol–water partition coefficient (Wildman–Crippen LogP) is 2.96. The summed E-state index contributed by atoms with van der Waals surface area (Å²) in [6.45, 7) is 0. The molecule has 0 aliphatic rings. The molecule has 3 N–H and O–H groups in total. The molecule has 0 atom stereocenters. The number of rotatable bonds is 3. The van der Waals surface area contributed by atoms with Crippen LogP contribution in [0.5, 0.6) is 0 Å². The number of nitrogens with two attached hydrogens (primary N) is 1. The van der Waals surface area contributed by atoms with E-state index in [2.05, 4.69) is 31.0 Å². The highest BCUT2D eigenvalue weighted by Gasteiger charge is 2.10. The number of aromatic nitrogens is 1. The Morgan fingerprint density at radius 2 is 2.11 bits per heavy atom. The molecule has 2 rings (SSSR count). The summed E-state index contributed by atoms with van der Waals surface area (Å²) in [5.74, 6) is -0.464. The minimum absolute atomic E-state index is 0.329. The average molecular weight is 322 g/mol. The first-order valence-electron chi connectivity index (χ1n) is 5.45. The number of methoxy groups -OCH3 is 1. The number of halogens is 1. The predicted molar refractivity (Wildman–Crippen MR) is 77.4 cm³/mol. The van der Waals surface area contributed by atoms with Gasteiger partial charge in [-0.1, -0.05) is 0 Å². The lowest BCUT2D eigenvalue weighted by atomic mass is 10.1. The maximum absolute atomic E-state index is 11.5. The summed E-state index contributed by atoms with van der Waals surface area (Å²) in [4.78, 5) is 15.6. The van der Waals surface area contributed by atoms with Gasteiger partial charge in [-0.2, -0.15) is 0 Å². The first-order valence-corrected chi connectivity index (χ1v) is 6.25. The van der Waals surface area contributed by atoms with E-state index in [4.69, 9.17) is 5.73 Å². The standard InChI is InChI=1S/C13H12BrN3O2/c1-19-13(18)11-5-9(2-3-12(11)15)17-10-4-8(14)6-16-7-10/h2-7,17H,15H2,1H3. The molecule has 6 heteroatoms. The first kappa shape index (κ1) is 13.4. The lowest BCUT2D eigenvalue weighted by Gasteiger charge is -2.09. The molecule has 2 aromatic rings. The summed E-state index contributed by atoms with van der Waals surface area (Å²) in [6.07, 6.45) is 3.37. The molecule has 5 nitrogen and oxygen atoms in total. The molecule has 0 aliphatic carbocycles. The van der Waals surface area contributed by atoms with Crippen LogP contribution in [-0.2, 0) is 4.74 Å². The van der Waals surface area contributed by atoms with E-state index in [-0.39, 0.29) is 0 Å². The van der Waals surface area contributed by atoms with Crippen LogP contribution in [0.1, 0.15) is 10.4 Å². The number of anilines is 3. The molecule has 0 amide bonds. The van der Waals surface area contributed by atoms with Gasteiger partial charge in [-0.05, 0) is 40.2 Å². The van der Waals surface area contributed by atoms with Crippen LogP contribution in [0.4, 0.5) is 17.1 Å². The monoisotopic (exact) mass is 321 g/mol. The first-order chi connectivity index (χ1) is 9.10. The lowest BCUT2D eigenvalue weighted by Crippen LogP contribution is -2.06. The minimum atomic E-state index is -0.464. The molecule has 0 bridgehead atoms. The second-order valence-electron chi connectivity index (χ2n) is 3.81. The molecule has 0 spiro atoms. The zero-order valence-corrected chi connectivity index (χ0v) is 11.8. The summed E-state index contributed by atoms with van der Waals surface area (Å²) >= 11 is 3.34. The Balaban J connectivity index is 2.29. The third kappa shape index (κ3) is 3.23. The SMILES string of the molecule is COC(=O)c1cc(Nc2cncc(Br)c2)ccc1N. The average Bonchev–Trinajstić information content (AvgIpc) is 2.40. The van der Waals surface area contributed by atoms with Crippen LogP contribution in [0, 0.1) is 0 Å². The number of nitrogens with zero attached hydrogens (tertiary/aromatic N) is 1. The van der Waals surface area contributed by atoms with Gasteiger partial charge in [-0.25, -0.2) is 4.79 Å². The van der Waals surface area contributed by atoms with E-state index in [1.54, 1.807) is 30.6 Å². The Bertz CT molecular complexity index is 617. The Hall–Kier alpha value is -2.08. The van der Waals surface area contributed by atoms with Gasteiger partial charge < -0.3 is 15.8 Å². The number of nitrogens with one attached hydrogen (secondary N) is 1. The molecule has 98 valence electrons. The smallest absolute Gasteiger partial charge is 0.340 e. The van der Waals surface area contributed by atoms with Gasteiger partial charge >= 0.3 is 5.97 Å². The van der Waals surface area contributed by atoms with Crippen molar-refractivity contribution in [3.8, 4) is 0 Å². The maximum atomic E-state index is 11.5. The van der Waals surface area contributed by atoms with Crippen molar-refractivity contribution in [1.82, 2.24) is 4.98 Å². The van der Waals surface area contributed by atoms with Crippen molar-refractivity contribution in [3.05, 3.63) is 46.7 Å². The van der Waals surface area contributed by atoms with Crippen LogP contribution < -0.4 is 11.1 Å². The van der Waals surface area contributed by atoms with Crippen molar-refractivity contribution < 1.29 is 9.53 Å². The van der Waals surface area contributed by atoms with Crippen LogP contribution in [0.15, 0.2) is 41.1 Å². The molecule has 0 saturated carbocycles. The number of ether oxygens (including phenoxy) is 1. The topological polar surface area (TPSA) is 77.2 Å².